The average Bonchev–Trinajstić information content (AvgIpc) is 2.92. The van der Waals surface area contributed by atoms with Gasteiger partial charge in [0.2, 0.25) is 0 Å². The molecule has 1 unspecified atom stereocenters. The van der Waals surface area contributed by atoms with E-state index in [0.29, 0.717) is 6.54 Å². The first-order valence-corrected chi connectivity index (χ1v) is 9.67. The van der Waals surface area contributed by atoms with Crippen molar-refractivity contribution in [3.05, 3.63) is 59.4 Å². The molecule has 152 valence electrons. The first kappa shape index (κ1) is 20.5. The molecule has 1 fully saturated rings. The van der Waals surface area contributed by atoms with Gasteiger partial charge in [-0.2, -0.15) is 13.2 Å². The van der Waals surface area contributed by atoms with Crippen LogP contribution >= 0.6 is 0 Å². The van der Waals surface area contributed by atoms with Crippen molar-refractivity contribution < 1.29 is 18.0 Å². The molecule has 7 heteroatoms. The number of likely N-dealkylation sites (tertiary alicyclic amines) is 1. The lowest BCUT2D eigenvalue weighted by molar-refractivity contribution is -0.137. The Labute approximate surface area is 163 Å². The number of aromatic nitrogens is 1. The molecule has 1 amide bonds. The van der Waals surface area contributed by atoms with Crippen molar-refractivity contribution in [2.75, 3.05) is 19.6 Å². The van der Waals surface area contributed by atoms with E-state index in [1.54, 1.807) is 0 Å². The molecule has 0 aliphatic carbocycles. The number of alkyl halides is 3. The Morgan fingerprint density at radius 3 is 2.25 bits per heavy atom. The molecule has 3 rings (SSSR count). The number of nitrogens with one attached hydrogen (secondary N) is 1. The number of hydrogen-bond acceptors (Lipinski definition) is 2. The van der Waals surface area contributed by atoms with Gasteiger partial charge >= 0.3 is 6.18 Å². The molecule has 1 atom stereocenters. The highest BCUT2D eigenvalue weighted by Gasteiger charge is 2.30. The van der Waals surface area contributed by atoms with E-state index < -0.39 is 11.7 Å². The first-order chi connectivity index (χ1) is 13.4. The number of halogens is 3. The molecule has 28 heavy (non-hydrogen) atoms. The van der Waals surface area contributed by atoms with Gasteiger partial charge in [0.1, 0.15) is 0 Å². The van der Waals surface area contributed by atoms with Crippen molar-refractivity contribution in [1.29, 1.82) is 0 Å². The number of nitrogens with zero attached hydrogens (tertiary/aromatic N) is 2. The molecule has 2 heterocycles. The fourth-order valence-corrected chi connectivity index (χ4v) is 3.75. The van der Waals surface area contributed by atoms with E-state index in [4.69, 9.17) is 0 Å². The largest absolute Gasteiger partial charge is 0.416 e. The smallest absolute Gasteiger partial charge is 0.353 e. The lowest BCUT2D eigenvalue weighted by atomic mass is 10.1. The standard InChI is InChI=1S/C21H26F3N3O/c1-26-12-6-7-18(26)19(27-13-4-2-3-5-14-27)15-25-20(28)16-8-10-17(11-9-16)21(22,23)24/h6-12,19H,2-5,13-15H2,1H3,(H,25,28). The Morgan fingerprint density at radius 1 is 1.07 bits per heavy atom. The van der Waals surface area contributed by atoms with E-state index in [0.717, 1.165) is 43.8 Å². The maximum atomic E-state index is 12.7. The predicted molar refractivity (Wildman–Crippen MR) is 102 cm³/mol. The Balaban J connectivity index is 1.70. The molecule has 1 aromatic carbocycles. The highest BCUT2D eigenvalue weighted by molar-refractivity contribution is 5.94. The minimum Gasteiger partial charge on any atom is -0.353 e. The molecule has 1 aliphatic rings. The summed E-state index contributed by atoms with van der Waals surface area (Å²) in [6.45, 7) is 2.37. The summed E-state index contributed by atoms with van der Waals surface area (Å²) in [6, 6.07) is 8.41. The zero-order valence-corrected chi connectivity index (χ0v) is 16.0. The van der Waals surface area contributed by atoms with Crippen molar-refractivity contribution in [3.8, 4) is 0 Å². The molecule has 1 saturated heterocycles. The van der Waals surface area contributed by atoms with E-state index in [2.05, 4.69) is 20.9 Å². The highest BCUT2D eigenvalue weighted by Crippen LogP contribution is 2.29. The summed E-state index contributed by atoms with van der Waals surface area (Å²) < 4.78 is 40.2. The monoisotopic (exact) mass is 393 g/mol. The van der Waals surface area contributed by atoms with Crippen molar-refractivity contribution in [2.45, 2.75) is 37.9 Å². The normalized spacial score (nSPS) is 17.1. The molecule has 1 N–H and O–H groups in total. The summed E-state index contributed by atoms with van der Waals surface area (Å²) in [6.07, 6.45) is 2.28. The highest BCUT2D eigenvalue weighted by atomic mass is 19.4. The van der Waals surface area contributed by atoms with Crippen LogP contribution in [-0.2, 0) is 13.2 Å². The van der Waals surface area contributed by atoms with Crippen LogP contribution in [0.4, 0.5) is 13.2 Å². The summed E-state index contributed by atoms with van der Waals surface area (Å²) in [7, 11) is 1.98. The quantitative estimate of drug-likeness (QED) is 0.818. The zero-order chi connectivity index (χ0) is 20.1. The van der Waals surface area contributed by atoms with Gasteiger partial charge in [-0.15, -0.1) is 0 Å². The number of rotatable bonds is 5. The number of carbonyl (C=O) groups is 1. The van der Waals surface area contributed by atoms with Crippen molar-refractivity contribution >= 4 is 5.91 Å². The second-order valence-corrected chi connectivity index (χ2v) is 7.30. The Hall–Kier alpha value is -2.28. The van der Waals surface area contributed by atoms with Gasteiger partial charge in [0, 0.05) is 31.0 Å². The number of amides is 1. The first-order valence-electron chi connectivity index (χ1n) is 9.67. The van der Waals surface area contributed by atoms with E-state index in [1.807, 2.05) is 19.3 Å². The molecule has 0 saturated carbocycles. The minimum atomic E-state index is -4.40. The Morgan fingerprint density at radius 2 is 1.71 bits per heavy atom. The molecule has 0 spiro atoms. The zero-order valence-electron chi connectivity index (χ0n) is 16.0. The number of carbonyl (C=O) groups excluding carboxylic acids is 1. The van der Waals surface area contributed by atoms with Crippen molar-refractivity contribution in [2.24, 2.45) is 7.05 Å². The van der Waals surface area contributed by atoms with E-state index in [-0.39, 0.29) is 17.5 Å². The summed E-state index contributed by atoms with van der Waals surface area (Å²) in [4.78, 5) is 14.9. The van der Waals surface area contributed by atoms with Crippen LogP contribution in [0.1, 0.15) is 53.3 Å². The predicted octanol–water partition coefficient (Wildman–Crippen LogP) is 4.39. The second-order valence-electron chi connectivity index (χ2n) is 7.30. The molecular formula is C21H26F3N3O. The number of hydrogen-bond donors (Lipinski definition) is 1. The lowest BCUT2D eigenvalue weighted by Gasteiger charge is -2.31. The minimum absolute atomic E-state index is 0.0384. The van der Waals surface area contributed by atoms with Crippen molar-refractivity contribution in [3.63, 3.8) is 0 Å². The van der Waals surface area contributed by atoms with Gasteiger partial charge in [-0.25, -0.2) is 0 Å². The third-order valence-corrected chi connectivity index (χ3v) is 5.34. The van der Waals surface area contributed by atoms with Crippen LogP contribution in [0.3, 0.4) is 0 Å². The fourth-order valence-electron chi connectivity index (χ4n) is 3.75. The molecule has 0 bridgehead atoms. The van der Waals surface area contributed by atoms with Crippen LogP contribution in [0.2, 0.25) is 0 Å². The van der Waals surface area contributed by atoms with Crippen LogP contribution in [0, 0.1) is 0 Å². The van der Waals surface area contributed by atoms with Crippen LogP contribution in [0.15, 0.2) is 42.6 Å². The molecular weight excluding hydrogens is 367 g/mol. The van der Waals surface area contributed by atoms with Crippen LogP contribution < -0.4 is 5.32 Å². The Kier molecular flexibility index (Phi) is 6.44. The molecule has 0 radical (unpaired) electrons. The molecule has 2 aromatic rings. The molecule has 1 aliphatic heterocycles. The topological polar surface area (TPSA) is 37.3 Å². The summed E-state index contributed by atoms with van der Waals surface area (Å²) in [5.41, 5.74) is 0.597. The fraction of sp³-hybridized carbons (Fsp3) is 0.476. The maximum absolute atomic E-state index is 12.7. The summed E-state index contributed by atoms with van der Waals surface area (Å²) in [5.74, 6) is -0.359. The lowest BCUT2D eigenvalue weighted by Crippen LogP contribution is -2.39. The third kappa shape index (κ3) is 4.95. The van der Waals surface area contributed by atoms with E-state index in [1.165, 1.54) is 25.0 Å². The molecule has 1 aromatic heterocycles. The SMILES string of the molecule is Cn1cccc1C(CNC(=O)c1ccc(C(F)(F)F)cc1)N1CCCCCC1. The second kappa shape index (κ2) is 8.82. The van der Waals surface area contributed by atoms with Crippen LogP contribution in [0.25, 0.3) is 0 Å². The summed E-state index contributed by atoms with van der Waals surface area (Å²) >= 11 is 0. The van der Waals surface area contributed by atoms with E-state index >= 15 is 0 Å². The third-order valence-electron chi connectivity index (χ3n) is 5.34. The average molecular weight is 393 g/mol. The van der Waals surface area contributed by atoms with E-state index in [9.17, 15) is 18.0 Å². The number of benzene rings is 1. The van der Waals surface area contributed by atoms with Gasteiger partial charge in [0.15, 0.2) is 0 Å². The van der Waals surface area contributed by atoms with Crippen LogP contribution in [0.5, 0.6) is 0 Å². The van der Waals surface area contributed by atoms with Gasteiger partial charge < -0.3 is 9.88 Å². The van der Waals surface area contributed by atoms with Gasteiger partial charge in [0.25, 0.3) is 5.91 Å². The van der Waals surface area contributed by atoms with Gasteiger partial charge in [-0.05, 0) is 62.3 Å². The maximum Gasteiger partial charge on any atom is 0.416 e. The summed E-state index contributed by atoms with van der Waals surface area (Å²) in [5, 5.41) is 2.92. The number of aryl methyl sites for hydroxylation is 1. The van der Waals surface area contributed by atoms with Crippen molar-refractivity contribution in [1.82, 2.24) is 14.8 Å². The Bertz CT molecular complexity index is 775. The van der Waals surface area contributed by atoms with Gasteiger partial charge in [-0.3, -0.25) is 9.69 Å². The molecule has 4 nitrogen and oxygen atoms in total. The van der Waals surface area contributed by atoms with Gasteiger partial charge in [0.05, 0.1) is 11.6 Å². The van der Waals surface area contributed by atoms with Crippen LogP contribution in [-0.4, -0.2) is 35.0 Å². The van der Waals surface area contributed by atoms with Gasteiger partial charge in [-0.1, -0.05) is 12.8 Å².